The van der Waals surface area contributed by atoms with Gasteiger partial charge in [0, 0.05) is 23.3 Å². The Morgan fingerprint density at radius 1 is 1.29 bits per heavy atom. The van der Waals surface area contributed by atoms with E-state index in [9.17, 15) is 4.79 Å². The van der Waals surface area contributed by atoms with E-state index in [1.165, 1.54) is 25.7 Å². The fourth-order valence-electron chi connectivity index (χ4n) is 3.35. The lowest BCUT2D eigenvalue weighted by atomic mass is 9.83. The van der Waals surface area contributed by atoms with Crippen molar-refractivity contribution < 1.29 is 4.79 Å². The third-order valence-corrected chi connectivity index (χ3v) is 4.87. The zero-order chi connectivity index (χ0) is 15.2. The molecule has 0 radical (unpaired) electrons. The molecule has 1 fully saturated rings. The summed E-state index contributed by atoms with van der Waals surface area (Å²) in [4.78, 5) is 12.5. The summed E-state index contributed by atoms with van der Waals surface area (Å²) in [5, 5.41) is 3.23. The maximum absolute atomic E-state index is 12.5. The molecule has 0 unspecified atom stereocenters. The van der Waals surface area contributed by atoms with Crippen LogP contribution in [0.25, 0.3) is 0 Å². The summed E-state index contributed by atoms with van der Waals surface area (Å²) < 4.78 is 3.02. The highest BCUT2D eigenvalue weighted by atomic mass is 79.9. The van der Waals surface area contributed by atoms with Gasteiger partial charge in [0.05, 0.1) is 0 Å². The number of amides is 1. The first-order valence-electron chi connectivity index (χ1n) is 8.30. The van der Waals surface area contributed by atoms with Crippen LogP contribution in [0.2, 0.25) is 0 Å². The zero-order valence-corrected chi connectivity index (χ0v) is 14.8. The lowest BCUT2D eigenvalue weighted by Crippen LogP contribution is -2.38. The first kappa shape index (κ1) is 16.6. The molecule has 0 aromatic carbocycles. The lowest BCUT2D eigenvalue weighted by molar-refractivity contribution is 0.0911. The van der Waals surface area contributed by atoms with E-state index in [0.29, 0.717) is 6.04 Å². The monoisotopic (exact) mass is 354 g/mol. The van der Waals surface area contributed by atoms with Gasteiger partial charge in [-0.05, 0) is 60.0 Å². The predicted octanol–water partition coefficient (Wildman–Crippen LogP) is 4.75. The third kappa shape index (κ3) is 4.60. The number of aromatic nitrogens is 1. The Morgan fingerprint density at radius 2 is 2.00 bits per heavy atom. The Balaban J connectivity index is 1.90. The van der Waals surface area contributed by atoms with E-state index >= 15 is 0 Å². The molecule has 1 heterocycles. The summed E-state index contributed by atoms with van der Waals surface area (Å²) in [7, 11) is 0. The highest BCUT2D eigenvalue weighted by Crippen LogP contribution is 2.28. The van der Waals surface area contributed by atoms with E-state index in [1.807, 2.05) is 16.8 Å². The number of aryl methyl sites for hydroxylation is 1. The van der Waals surface area contributed by atoms with E-state index in [2.05, 4.69) is 35.1 Å². The average molecular weight is 355 g/mol. The molecule has 1 aromatic rings. The van der Waals surface area contributed by atoms with Crippen LogP contribution in [0.15, 0.2) is 16.7 Å². The molecule has 1 N–H and O–H groups in total. The summed E-state index contributed by atoms with van der Waals surface area (Å²) >= 11 is 3.47. The van der Waals surface area contributed by atoms with Gasteiger partial charge in [-0.3, -0.25) is 4.79 Å². The summed E-state index contributed by atoms with van der Waals surface area (Å²) in [6.45, 7) is 5.27. The van der Waals surface area contributed by atoms with Gasteiger partial charge in [-0.15, -0.1) is 0 Å². The maximum Gasteiger partial charge on any atom is 0.268 e. The first-order chi connectivity index (χ1) is 10.1. The molecule has 118 valence electrons. The standard InChI is InChI=1S/C17H27BrN2O/c1-3-5-13-6-8-15(9-7-13)19-17(21)16-11-14(18)12-20(16)10-4-2/h11-13,15H,3-10H2,1-2H3,(H,19,21). The molecular formula is C17H27BrN2O. The van der Waals surface area contributed by atoms with Gasteiger partial charge < -0.3 is 9.88 Å². The van der Waals surface area contributed by atoms with Gasteiger partial charge in [0.1, 0.15) is 5.69 Å². The highest BCUT2D eigenvalue weighted by Gasteiger charge is 2.23. The molecule has 0 atom stereocenters. The molecule has 1 saturated carbocycles. The molecule has 4 heteroatoms. The van der Waals surface area contributed by atoms with Crippen molar-refractivity contribution in [1.82, 2.24) is 9.88 Å². The molecule has 1 aliphatic carbocycles. The van der Waals surface area contributed by atoms with Crippen molar-refractivity contribution in [3.05, 3.63) is 22.4 Å². The Kier molecular flexibility index (Phi) is 6.34. The minimum absolute atomic E-state index is 0.0769. The van der Waals surface area contributed by atoms with Gasteiger partial charge in [0.15, 0.2) is 0 Å². The molecule has 2 rings (SSSR count). The predicted molar refractivity (Wildman–Crippen MR) is 90.5 cm³/mol. The summed E-state index contributed by atoms with van der Waals surface area (Å²) in [6.07, 6.45) is 10.4. The molecule has 1 aliphatic rings. The number of nitrogens with zero attached hydrogens (tertiary/aromatic N) is 1. The quantitative estimate of drug-likeness (QED) is 0.785. The van der Waals surface area contributed by atoms with Crippen LogP contribution >= 0.6 is 15.9 Å². The van der Waals surface area contributed by atoms with Crippen LogP contribution in [-0.2, 0) is 6.54 Å². The van der Waals surface area contributed by atoms with Crippen molar-refractivity contribution in [3.8, 4) is 0 Å². The smallest absolute Gasteiger partial charge is 0.268 e. The number of hydrogen-bond donors (Lipinski definition) is 1. The minimum Gasteiger partial charge on any atom is -0.348 e. The topological polar surface area (TPSA) is 34.0 Å². The second kappa shape index (κ2) is 8.02. The van der Waals surface area contributed by atoms with Crippen molar-refractivity contribution in [2.75, 3.05) is 0 Å². The fraction of sp³-hybridized carbons (Fsp3) is 0.706. The summed E-state index contributed by atoms with van der Waals surface area (Å²) in [5.74, 6) is 0.953. The van der Waals surface area contributed by atoms with Crippen molar-refractivity contribution in [3.63, 3.8) is 0 Å². The summed E-state index contributed by atoms with van der Waals surface area (Å²) in [6, 6.07) is 2.28. The number of carbonyl (C=O) groups is 1. The second-order valence-corrected chi connectivity index (χ2v) is 7.13. The molecule has 3 nitrogen and oxygen atoms in total. The number of carbonyl (C=O) groups excluding carboxylic acids is 1. The van der Waals surface area contributed by atoms with Gasteiger partial charge >= 0.3 is 0 Å². The Labute approximate surface area is 136 Å². The Bertz CT molecular complexity index is 461. The molecule has 1 aromatic heterocycles. The second-order valence-electron chi connectivity index (χ2n) is 6.22. The van der Waals surface area contributed by atoms with Crippen molar-refractivity contribution in [1.29, 1.82) is 0 Å². The molecule has 0 spiro atoms. The number of nitrogens with one attached hydrogen (secondary N) is 1. The highest BCUT2D eigenvalue weighted by molar-refractivity contribution is 9.10. The van der Waals surface area contributed by atoms with E-state index in [4.69, 9.17) is 0 Å². The van der Waals surface area contributed by atoms with Crippen LogP contribution in [0.1, 0.15) is 69.3 Å². The molecule has 0 bridgehead atoms. The molecule has 1 amide bonds. The van der Waals surface area contributed by atoms with Crippen molar-refractivity contribution >= 4 is 21.8 Å². The number of halogens is 1. The first-order valence-corrected chi connectivity index (χ1v) is 9.09. The van der Waals surface area contributed by atoms with Crippen LogP contribution in [0.4, 0.5) is 0 Å². The van der Waals surface area contributed by atoms with Gasteiger partial charge in [-0.2, -0.15) is 0 Å². The van der Waals surface area contributed by atoms with Crippen LogP contribution in [0.5, 0.6) is 0 Å². The average Bonchev–Trinajstić information content (AvgIpc) is 2.83. The SMILES string of the molecule is CCCC1CCC(NC(=O)c2cc(Br)cn2CCC)CC1. The zero-order valence-electron chi connectivity index (χ0n) is 13.2. The normalized spacial score (nSPS) is 22.2. The van der Waals surface area contributed by atoms with Gasteiger partial charge in [-0.1, -0.05) is 26.7 Å². The van der Waals surface area contributed by atoms with Crippen molar-refractivity contribution in [2.24, 2.45) is 5.92 Å². The van der Waals surface area contributed by atoms with Crippen LogP contribution in [0, 0.1) is 5.92 Å². The molecule has 21 heavy (non-hydrogen) atoms. The van der Waals surface area contributed by atoms with Crippen molar-refractivity contribution in [2.45, 2.75) is 71.4 Å². The summed E-state index contributed by atoms with van der Waals surface area (Å²) in [5.41, 5.74) is 0.777. The van der Waals surface area contributed by atoms with E-state index in [-0.39, 0.29) is 5.91 Å². The van der Waals surface area contributed by atoms with Crippen LogP contribution in [-0.4, -0.2) is 16.5 Å². The number of rotatable bonds is 6. The number of hydrogen-bond acceptors (Lipinski definition) is 1. The van der Waals surface area contributed by atoms with Gasteiger partial charge in [-0.25, -0.2) is 0 Å². The largest absolute Gasteiger partial charge is 0.348 e. The molecule has 0 aliphatic heterocycles. The third-order valence-electron chi connectivity index (χ3n) is 4.44. The fourth-order valence-corrected chi connectivity index (χ4v) is 3.82. The van der Waals surface area contributed by atoms with Crippen LogP contribution < -0.4 is 5.32 Å². The maximum atomic E-state index is 12.5. The van der Waals surface area contributed by atoms with E-state index < -0.39 is 0 Å². The molecule has 0 saturated heterocycles. The van der Waals surface area contributed by atoms with E-state index in [1.54, 1.807) is 0 Å². The van der Waals surface area contributed by atoms with E-state index in [0.717, 1.165) is 41.9 Å². The Hall–Kier alpha value is -0.770. The molecular weight excluding hydrogens is 328 g/mol. The minimum atomic E-state index is 0.0769. The lowest BCUT2D eigenvalue weighted by Gasteiger charge is -2.29. The van der Waals surface area contributed by atoms with Gasteiger partial charge in [0.2, 0.25) is 0 Å². The Morgan fingerprint density at radius 3 is 2.62 bits per heavy atom. The van der Waals surface area contributed by atoms with Gasteiger partial charge in [0.25, 0.3) is 5.91 Å². The van der Waals surface area contributed by atoms with Crippen LogP contribution in [0.3, 0.4) is 0 Å².